The zero-order valence-corrected chi connectivity index (χ0v) is 11.5. The van der Waals surface area contributed by atoms with E-state index in [1.807, 2.05) is 0 Å². The zero-order chi connectivity index (χ0) is 13.5. The van der Waals surface area contributed by atoms with E-state index in [0.29, 0.717) is 22.7 Å². The second-order valence-corrected chi connectivity index (χ2v) is 4.30. The van der Waals surface area contributed by atoms with E-state index in [9.17, 15) is 14.4 Å². The number of ketones is 1. The van der Waals surface area contributed by atoms with Gasteiger partial charge in [0.2, 0.25) is 0 Å². The Morgan fingerprint density at radius 3 is 2.61 bits per heavy atom. The maximum Gasteiger partial charge on any atom is 0.338 e. The van der Waals surface area contributed by atoms with Gasteiger partial charge in [0.1, 0.15) is 6.29 Å². The summed E-state index contributed by atoms with van der Waals surface area (Å²) < 4.78 is 4.88. The minimum Gasteiger partial charge on any atom is -0.462 e. The fourth-order valence-corrected chi connectivity index (χ4v) is 1.84. The highest BCUT2D eigenvalue weighted by atomic mass is 79.9. The Labute approximate surface area is 113 Å². The van der Waals surface area contributed by atoms with Gasteiger partial charge in [0.05, 0.1) is 12.2 Å². The van der Waals surface area contributed by atoms with Crippen molar-refractivity contribution in [2.24, 2.45) is 0 Å². The van der Waals surface area contributed by atoms with Gasteiger partial charge in [-0.25, -0.2) is 4.79 Å². The van der Waals surface area contributed by atoms with Gasteiger partial charge >= 0.3 is 5.97 Å². The van der Waals surface area contributed by atoms with Gasteiger partial charge in [-0.15, -0.1) is 0 Å². The molecule has 0 N–H and O–H groups in total. The van der Waals surface area contributed by atoms with Crippen molar-refractivity contribution >= 4 is 34.0 Å². The van der Waals surface area contributed by atoms with E-state index in [1.54, 1.807) is 6.92 Å². The topological polar surface area (TPSA) is 60.4 Å². The number of rotatable bonds is 6. The van der Waals surface area contributed by atoms with Crippen molar-refractivity contribution in [1.29, 1.82) is 0 Å². The van der Waals surface area contributed by atoms with Crippen LogP contribution in [-0.2, 0) is 4.74 Å². The lowest BCUT2D eigenvalue weighted by atomic mass is 10.00. The van der Waals surface area contributed by atoms with Crippen LogP contribution in [0.2, 0.25) is 0 Å². The molecule has 1 rings (SSSR count). The lowest BCUT2D eigenvalue weighted by molar-refractivity contribution is 0.0523. The second-order valence-electron chi connectivity index (χ2n) is 3.51. The van der Waals surface area contributed by atoms with Crippen LogP contribution in [0.15, 0.2) is 18.2 Å². The summed E-state index contributed by atoms with van der Waals surface area (Å²) in [5, 5.41) is 0.517. The lowest BCUT2D eigenvalue weighted by Crippen LogP contribution is -2.13. The van der Waals surface area contributed by atoms with E-state index in [4.69, 9.17) is 4.74 Å². The molecule has 0 radical (unpaired) electrons. The molecule has 0 aliphatic rings. The summed E-state index contributed by atoms with van der Waals surface area (Å²) in [7, 11) is 0. The van der Waals surface area contributed by atoms with Crippen LogP contribution in [0.1, 0.15) is 44.4 Å². The molecule has 18 heavy (non-hydrogen) atoms. The number of Topliss-reactive ketones (excluding diaryl/α,β-unsaturated/α-hetero) is 1. The first-order chi connectivity index (χ1) is 8.63. The Kier molecular flexibility index (Phi) is 5.71. The number of halogens is 1. The molecule has 0 amide bonds. The predicted molar refractivity (Wildman–Crippen MR) is 70.5 cm³/mol. The van der Waals surface area contributed by atoms with Crippen molar-refractivity contribution in [3.8, 4) is 0 Å². The van der Waals surface area contributed by atoms with Crippen molar-refractivity contribution in [2.45, 2.75) is 13.3 Å². The molecule has 0 aliphatic heterocycles. The number of aldehydes is 1. The summed E-state index contributed by atoms with van der Waals surface area (Å²) in [6, 6.07) is 4.38. The molecule has 0 aliphatic carbocycles. The first kappa shape index (κ1) is 14.6. The molecule has 0 unspecified atom stereocenters. The van der Waals surface area contributed by atoms with Crippen molar-refractivity contribution in [1.82, 2.24) is 0 Å². The summed E-state index contributed by atoms with van der Waals surface area (Å²) >= 11 is 3.17. The quantitative estimate of drug-likeness (QED) is 0.351. The number of esters is 1. The SMILES string of the molecule is CCOC(=O)c1cc(C=O)ccc1C(=O)CCBr. The molecule has 0 heterocycles. The van der Waals surface area contributed by atoms with E-state index >= 15 is 0 Å². The Hall–Kier alpha value is -1.49. The highest BCUT2D eigenvalue weighted by Crippen LogP contribution is 2.15. The van der Waals surface area contributed by atoms with Crippen LogP contribution in [-0.4, -0.2) is 30.0 Å². The molecule has 1 aromatic rings. The minimum absolute atomic E-state index is 0.146. The molecular formula is C13H13BrO4. The van der Waals surface area contributed by atoms with Gasteiger partial charge in [-0.1, -0.05) is 22.0 Å². The molecule has 96 valence electrons. The Balaban J connectivity index is 3.19. The van der Waals surface area contributed by atoms with E-state index in [1.165, 1.54) is 18.2 Å². The molecular weight excluding hydrogens is 300 g/mol. The number of ether oxygens (including phenoxy) is 1. The third kappa shape index (κ3) is 3.50. The number of carbonyl (C=O) groups is 3. The van der Waals surface area contributed by atoms with Crippen LogP contribution in [0, 0.1) is 0 Å². The lowest BCUT2D eigenvalue weighted by Gasteiger charge is -2.08. The monoisotopic (exact) mass is 312 g/mol. The van der Waals surface area contributed by atoms with Gasteiger partial charge < -0.3 is 4.74 Å². The molecule has 0 aromatic heterocycles. The van der Waals surface area contributed by atoms with E-state index in [2.05, 4.69) is 15.9 Å². The molecule has 0 bridgehead atoms. The summed E-state index contributed by atoms with van der Waals surface area (Å²) in [6.45, 7) is 1.90. The van der Waals surface area contributed by atoms with Crippen molar-refractivity contribution in [3.63, 3.8) is 0 Å². The number of hydrogen-bond acceptors (Lipinski definition) is 4. The van der Waals surface area contributed by atoms with Gasteiger partial charge in [-0.05, 0) is 19.1 Å². The summed E-state index contributed by atoms with van der Waals surface area (Å²) in [5.41, 5.74) is 0.777. The van der Waals surface area contributed by atoms with E-state index < -0.39 is 5.97 Å². The van der Waals surface area contributed by atoms with E-state index in [0.717, 1.165) is 0 Å². The standard InChI is InChI=1S/C13H13BrO4/c1-2-18-13(17)11-7-9(8-15)3-4-10(11)12(16)5-6-14/h3-4,7-8H,2,5-6H2,1H3. The molecule has 0 spiro atoms. The summed E-state index contributed by atoms with van der Waals surface area (Å²) in [4.78, 5) is 34.3. The molecule has 0 saturated heterocycles. The number of hydrogen-bond donors (Lipinski definition) is 0. The van der Waals surface area contributed by atoms with Gasteiger partial charge in [0.15, 0.2) is 5.78 Å². The summed E-state index contributed by atoms with van der Waals surface area (Å²) in [5.74, 6) is -0.744. The Morgan fingerprint density at radius 2 is 2.06 bits per heavy atom. The van der Waals surface area contributed by atoms with Crippen molar-refractivity contribution < 1.29 is 19.1 Å². The third-order valence-electron chi connectivity index (χ3n) is 2.30. The molecule has 0 atom stereocenters. The zero-order valence-electron chi connectivity index (χ0n) is 9.94. The normalized spacial score (nSPS) is 9.89. The van der Waals surface area contributed by atoms with E-state index in [-0.39, 0.29) is 24.4 Å². The van der Waals surface area contributed by atoms with Crippen LogP contribution in [0.25, 0.3) is 0 Å². The van der Waals surface area contributed by atoms with Gasteiger partial charge in [-0.3, -0.25) is 9.59 Å². The molecule has 5 heteroatoms. The molecule has 4 nitrogen and oxygen atoms in total. The van der Waals surface area contributed by atoms with Crippen LogP contribution >= 0.6 is 15.9 Å². The van der Waals surface area contributed by atoms with Crippen LogP contribution in [0.3, 0.4) is 0 Å². The highest BCUT2D eigenvalue weighted by molar-refractivity contribution is 9.09. The fraction of sp³-hybridized carbons (Fsp3) is 0.308. The predicted octanol–water partition coefficient (Wildman–Crippen LogP) is 2.64. The number of benzene rings is 1. The van der Waals surface area contributed by atoms with Gasteiger partial charge in [0.25, 0.3) is 0 Å². The van der Waals surface area contributed by atoms with Crippen LogP contribution in [0.5, 0.6) is 0 Å². The van der Waals surface area contributed by atoms with Crippen molar-refractivity contribution in [3.05, 3.63) is 34.9 Å². The first-order valence-corrected chi connectivity index (χ1v) is 6.61. The second kappa shape index (κ2) is 7.06. The highest BCUT2D eigenvalue weighted by Gasteiger charge is 2.18. The van der Waals surface area contributed by atoms with Crippen molar-refractivity contribution in [2.75, 3.05) is 11.9 Å². The maximum atomic E-state index is 11.8. The number of alkyl halides is 1. The Morgan fingerprint density at radius 1 is 1.33 bits per heavy atom. The van der Waals surface area contributed by atoms with Gasteiger partial charge in [-0.2, -0.15) is 0 Å². The minimum atomic E-state index is -0.584. The average molecular weight is 313 g/mol. The maximum absolute atomic E-state index is 11.8. The van der Waals surface area contributed by atoms with Gasteiger partial charge in [0, 0.05) is 22.9 Å². The molecule has 1 aromatic carbocycles. The number of carbonyl (C=O) groups excluding carboxylic acids is 3. The largest absolute Gasteiger partial charge is 0.462 e. The molecule has 0 saturated carbocycles. The third-order valence-corrected chi connectivity index (χ3v) is 2.69. The van der Waals surface area contributed by atoms with Crippen LogP contribution < -0.4 is 0 Å². The first-order valence-electron chi connectivity index (χ1n) is 5.49. The molecule has 0 fully saturated rings. The smallest absolute Gasteiger partial charge is 0.338 e. The Bertz CT molecular complexity index is 468. The average Bonchev–Trinajstić information content (AvgIpc) is 2.38. The van der Waals surface area contributed by atoms with Crippen LogP contribution in [0.4, 0.5) is 0 Å². The summed E-state index contributed by atoms with van der Waals surface area (Å²) in [6.07, 6.45) is 0.911. The fourth-order valence-electron chi connectivity index (χ4n) is 1.48.